The molecule has 2 atom stereocenters. The van der Waals surface area contributed by atoms with Crippen molar-refractivity contribution in [1.82, 2.24) is 5.32 Å². The Labute approximate surface area is 78.0 Å². The van der Waals surface area contributed by atoms with Crippen molar-refractivity contribution in [3.05, 3.63) is 0 Å². The molecule has 0 radical (unpaired) electrons. The van der Waals surface area contributed by atoms with Crippen LogP contribution in [0.1, 0.15) is 6.42 Å². The Kier molecular flexibility index (Phi) is 4.21. The van der Waals surface area contributed by atoms with Gasteiger partial charge in [-0.2, -0.15) is 0 Å². The van der Waals surface area contributed by atoms with Gasteiger partial charge in [-0.25, -0.2) is 0 Å². The highest BCUT2D eigenvalue weighted by Gasteiger charge is 2.21. The van der Waals surface area contributed by atoms with Gasteiger partial charge >= 0.3 is 0 Å². The van der Waals surface area contributed by atoms with E-state index in [9.17, 15) is 0 Å². The summed E-state index contributed by atoms with van der Waals surface area (Å²) in [6.45, 7) is 1.79. The van der Waals surface area contributed by atoms with E-state index >= 15 is 0 Å². The van der Waals surface area contributed by atoms with Gasteiger partial charge in [0.1, 0.15) is 5.01 Å². The number of hydrogen-bond donors (Lipinski definition) is 1. The topological polar surface area (TPSA) is 21.3 Å². The fraction of sp³-hybridized carbons (Fsp3) is 1.00. The zero-order chi connectivity index (χ0) is 7.40. The lowest BCUT2D eigenvalue weighted by Gasteiger charge is -2.28. The molecular formula is C6H11Br2NO. The first-order chi connectivity index (χ1) is 4.84. The third-order valence-corrected chi connectivity index (χ3v) is 2.88. The minimum atomic E-state index is 0.193. The summed E-state index contributed by atoms with van der Waals surface area (Å²) < 4.78 is 5.38. The summed E-state index contributed by atoms with van der Waals surface area (Å²) >= 11 is 6.85. The molecule has 0 aromatic carbocycles. The summed E-state index contributed by atoms with van der Waals surface area (Å²) in [5.74, 6) is 0. The fourth-order valence-corrected chi connectivity index (χ4v) is 2.11. The number of nitrogens with one attached hydrogen (secondary N) is 1. The van der Waals surface area contributed by atoms with Crippen molar-refractivity contribution < 1.29 is 4.74 Å². The lowest BCUT2D eigenvalue weighted by atomic mass is 10.2. The van der Waals surface area contributed by atoms with E-state index in [1.54, 1.807) is 0 Å². The van der Waals surface area contributed by atoms with E-state index in [1.807, 2.05) is 0 Å². The van der Waals surface area contributed by atoms with E-state index in [0.29, 0.717) is 6.04 Å². The van der Waals surface area contributed by atoms with E-state index in [1.165, 1.54) is 0 Å². The first kappa shape index (κ1) is 8.97. The Morgan fingerprint density at radius 2 is 2.40 bits per heavy atom. The molecule has 1 aliphatic heterocycles. The van der Waals surface area contributed by atoms with Gasteiger partial charge in [0.2, 0.25) is 0 Å². The molecule has 0 aliphatic carbocycles. The van der Waals surface area contributed by atoms with Gasteiger partial charge in [-0.3, -0.25) is 0 Å². The van der Waals surface area contributed by atoms with Crippen LogP contribution in [0.3, 0.4) is 0 Å². The fourth-order valence-electron chi connectivity index (χ4n) is 0.975. The normalized spacial score (nSPS) is 34.2. The Morgan fingerprint density at radius 3 is 3.00 bits per heavy atom. The van der Waals surface area contributed by atoms with E-state index in [-0.39, 0.29) is 5.01 Å². The van der Waals surface area contributed by atoms with Gasteiger partial charge < -0.3 is 10.1 Å². The first-order valence-corrected chi connectivity index (χ1v) is 5.43. The predicted molar refractivity (Wildman–Crippen MR) is 48.9 cm³/mol. The maximum Gasteiger partial charge on any atom is 0.127 e. The number of halogens is 2. The Hall–Kier alpha value is 0.880. The second-order valence-electron chi connectivity index (χ2n) is 2.26. The molecular weight excluding hydrogens is 262 g/mol. The molecule has 0 bridgehead atoms. The monoisotopic (exact) mass is 271 g/mol. The summed E-state index contributed by atoms with van der Waals surface area (Å²) in [5, 5.41) is 4.59. The van der Waals surface area contributed by atoms with Crippen LogP contribution in [-0.2, 0) is 4.74 Å². The van der Waals surface area contributed by atoms with Crippen molar-refractivity contribution >= 4 is 31.9 Å². The van der Waals surface area contributed by atoms with Crippen LogP contribution in [0, 0.1) is 0 Å². The third-order valence-electron chi connectivity index (χ3n) is 1.52. The lowest BCUT2D eigenvalue weighted by molar-refractivity contribution is 0.0563. The summed E-state index contributed by atoms with van der Waals surface area (Å²) in [7, 11) is 0. The molecule has 1 rings (SSSR count). The van der Waals surface area contributed by atoms with Crippen molar-refractivity contribution in [1.29, 1.82) is 0 Å². The van der Waals surface area contributed by atoms with Crippen LogP contribution < -0.4 is 5.32 Å². The van der Waals surface area contributed by atoms with Crippen molar-refractivity contribution in [3.8, 4) is 0 Å². The average Bonchev–Trinajstić information content (AvgIpc) is 1.94. The molecule has 2 nitrogen and oxygen atoms in total. The zero-order valence-corrected chi connectivity index (χ0v) is 8.82. The number of hydrogen-bond acceptors (Lipinski definition) is 2. The number of alkyl halides is 2. The maximum absolute atomic E-state index is 5.38. The summed E-state index contributed by atoms with van der Waals surface area (Å²) in [4.78, 5) is 0. The van der Waals surface area contributed by atoms with Gasteiger partial charge in [-0.15, -0.1) is 0 Å². The second-order valence-corrected chi connectivity index (χ2v) is 3.96. The van der Waals surface area contributed by atoms with Crippen molar-refractivity contribution in [2.45, 2.75) is 17.5 Å². The molecule has 1 aliphatic rings. The van der Waals surface area contributed by atoms with E-state index in [4.69, 9.17) is 4.74 Å². The van der Waals surface area contributed by atoms with Crippen molar-refractivity contribution in [2.75, 3.05) is 18.5 Å². The molecule has 1 heterocycles. The molecule has 1 fully saturated rings. The summed E-state index contributed by atoms with van der Waals surface area (Å²) in [5.41, 5.74) is 0. The molecule has 60 valence electrons. The highest BCUT2D eigenvalue weighted by atomic mass is 79.9. The van der Waals surface area contributed by atoms with Gasteiger partial charge in [0.25, 0.3) is 0 Å². The quantitative estimate of drug-likeness (QED) is 0.769. The third kappa shape index (κ3) is 2.49. The molecule has 0 saturated carbocycles. The standard InChI is InChI=1S/C6H11Br2NO/c7-2-1-5-6(8)10-4-3-9-5/h5-6,9H,1-4H2. The van der Waals surface area contributed by atoms with E-state index < -0.39 is 0 Å². The minimum absolute atomic E-state index is 0.193. The number of morpholine rings is 1. The molecule has 2 unspecified atom stereocenters. The van der Waals surface area contributed by atoms with Crippen LogP contribution in [0.2, 0.25) is 0 Å². The van der Waals surface area contributed by atoms with Crippen LogP contribution >= 0.6 is 31.9 Å². The molecule has 0 spiro atoms. The molecule has 4 heteroatoms. The van der Waals surface area contributed by atoms with Crippen LogP contribution in [0.5, 0.6) is 0 Å². The smallest absolute Gasteiger partial charge is 0.127 e. The minimum Gasteiger partial charge on any atom is -0.364 e. The van der Waals surface area contributed by atoms with Gasteiger partial charge in [-0.1, -0.05) is 31.9 Å². The van der Waals surface area contributed by atoms with Gasteiger partial charge in [0, 0.05) is 17.9 Å². The Bertz CT molecular complexity index is 99.7. The predicted octanol–water partition coefficient (Wildman–Crippen LogP) is 1.48. The maximum atomic E-state index is 5.38. The van der Waals surface area contributed by atoms with Crippen LogP contribution in [0.4, 0.5) is 0 Å². The van der Waals surface area contributed by atoms with Crippen LogP contribution in [-0.4, -0.2) is 29.5 Å². The van der Waals surface area contributed by atoms with Crippen LogP contribution in [0.15, 0.2) is 0 Å². The second kappa shape index (κ2) is 4.70. The van der Waals surface area contributed by atoms with Crippen molar-refractivity contribution in [3.63, 3.8) is 0 Å². The van der Waals surface area contributed by atoms with Crippen molar-refractivity contribution in [2.24, 2.45) is 0 Å². The first-order valence-electron chi connectivity index (χ1n) is 3.39. The van der Waals surface area contributed by atoms with Gasteiger partial charge in [0.15, 0.2) is 0 Å². The number of ether oxygens (including phenoxy) is 1. The van der Waals surface area contributed by atoms with Gasteiger partial charge in [0.05, 0.1) is 6.61 Å². The van der Waals surface area contributed by atoms with E-state index in [2.05, 4.69) is 37.2 Å². The Balaban J connectivity index is 2.25. The molecule has 0 amide bonds. The highest BCUT2D eigenvalue weighted by molar-refractivity contribution is 9.09. The van der Waals surface area contributed by atoms with Crippen LogP contribution in [0.25, 0.3) is 0 Å². The Morgan fingerprint density at radius 1 is 1.60 bits per heavy atom. The zero-order valence-electron chi connectivity index (χ0n) is 5.65. The summed E-state index contributed by atoms with van der Waals surface area (Å²) in [6, 6.07) is 0.466. The molecule has 0 aromatic rings. The largest absolute Gasteiger partial charge is 0.364 e. The average molecular weight is 273 g/mol. The lowest BCUT2D eigenvalue weighted by Crippen LogP contribution is -2.45. The number of rotatable bonds is 2. The van der Waals surface area contributed by atoms with E-state index in [0.717, 1.165) is 24.9 Å². The van der Waals surface area contributed by atoms with Gasteiger partial charge in [-0.05, 0) is 6.42 Å². The SMILES string of the molecule is BrCCC1NCCOC1Br. The molecule has 1 saturated heterocycles. The molecule has 1 N–H and O–H groups in total. The molecule has 10 heavy (non-hydrogen) atoms. The molecule has 0 aromatic heterocycles. The highest BCUT2D eigenvalue weighted by Crippen LogP contribution is 2.14. The summed E-state index contributed by atoms with van der Waals surface area (Å²) in [6.07, 6.45) is 1.11.